The monoisotopic (exact) mass is 255 g/mol. The quantitative estimate of drug-likeness (QED) is 0.806. The second kappa shape index (κ2) is 7.70. The van der Waals surface area contributed by atoms with Crippen molar-refractivity contribution in [2.75, 3.05) is 20.2 Å². The molecule has 2 nitrogen and oxygen atoms in total. The smallest absolute Gasteiger partial charge is 0.0549 e. The minimum atomic E-state index is 0.245. The highest BCUT2D eigenvalue weighted by atomic mass is 35.5. The van der Waals surface area contributed by atoms with Crippen LogP contribution in [0.1, 0.15) is 31.7 Å². The normalized spacial score (nSPS) is 14.6. The van der Waals surface area contributed by atoms with Crippen LogP contribution in [0.3, 0.4) is 0 Å². The maximum Gasteiger partial charge on any atom is 0.0549 e. The Bertz CT molecular complexity index is 330. The minimum Gasteiger partial charge on any atom is -0.382 e. The van der Waals surface area contributed by atoms with E-state index in [1.54, 1.807) is 7.11 Å². The predicted octanol–water partition coefficient (Wildman–Crippen LogP) is 3.46. The molecule has 0 aliphatic carbocycles. The van der Waals surface area contributed by atoms with Gasteiger partial charge in [-0.2, -0.15) is 0 Å². The van der Waals surface area contributed by atoms with Gasteiger partial charge in [-0.3, -0.25) is 0 Å². The fourth-order valence-electron chi connectivity index (χ4n) is 1.94. The third-order valence-corrected chi connectivity index (χ3v) is 3.35. The highest BCUT2D eigenvalue weighted by molar-refractivity contribution is 6.31. The fraction of sp³-hybridized carbons (Fsp3) is 0.571. The van der Waals surface area contributed by atoms with Gasteiger partial charge in [-0.15, -0.1) is 0 Å². The Labute approximate surface area is 109 Å². The number of rotatable bonds is 7. The first-order valence-electron chi connectivity index (χ1n) is 6.17. The van der Waals surface area contributed by atoms with Crippen molar-refractivity contribution >= 4 is 11.6 Å². The van der Waals surface area contributed by atoms with E-state index in [2.05, 4.69) is 25.2 Å². The van der Waals surface area contributed by atoms with Gasteiger partial charge in [0.25, 0.3) is 0 Å². The number of halogens is 1. The van der Waals surface area contributed by atoms with E-state index in [-0.39, 0.29) is 6.10 Å². The van der Waals surface area contributed by atoms with Crippen molar-refractivity contribution in [2.24, 2.45) is 0 Å². The highest BCUT2D eigenvalue weighted by Crippen LogP contribution is 2.28. The molecule has 0 radical (unpaired) electrons. The Kier molecular flexibility index (Phi) is 6.56. The van der Waals surface area contributed by atoms with Crippen molar-refractivity contribution in [2.45, 2.75) is 32.3 Å². The van der Waals surface area contributed by atoms with Gasteiger partial charge < -0.3 is 10.1 Å². The largest absolute Gasteiger partial charge is 0.382 e. The molecule has 17 heavy (non-hydrogen) atoms. The van der Waals surface area contributed by atoms with E-state index in [1.165, 1.54) is 5.56 Å². The van der Waals surface area contributed by atoms with Gasteiger partial charge >= 0.3 is 0 Å². The van der Waals surface area contributed by atoms with Crippen LogP contribution in [0.4, 0.5) is 0 Å². The number of ether oxygens (including phenoxy) is 1. The van der Waals surface area contributed by atoms with Crippen LogP contribution in [0.25, 0.3) is 0 Å². The van der Waals surface area contributed by atoms with Crippen molar-refractivity contribution < 1.29 is 4.74 Å². The summed E-state index contributed by atoms with van der Waals surface area (Å²) in [6.07, 6.45) is 1.22. The van der Waals surface area contributed by atoms with E-state index >= 15 is 0 Å². The molecule has 0 aliphatic rings. The molecule has 0 aliphatic heterocycles. The maximum atomic E-state index is 6.26. The summed E-state index contributed by atoms with van der Waals surface area (Å²) in [7, 11) is 1.75. The van der Waals surface area contributed by atoms with Gasteiger partial charge in [0.1, 0.15) is 0 Å². The van der Waals surface area contributed by atoms with Crippen molar-refractivity contribution in [1.29, 1.82) is 0 Å². The van der Waals surface area contributed by atoms with E-state index < -0.39 is 0 Å². The molecule has 96 valence electrons. The van der Waals surface area contributed by atoms with E-state index in [9.17, 15) is 0 Å². The summed E-state index contributed by atoms with van der Waals surface area (Å²) in [5.74, 6) is 0.401. The summed E-state index contributed by atoms with van der Waals surface area (Å²) >= 11 is 6.26. The van der Waals surface area contributed by atoms with E-state index in [4.69, 9.17) is 16.3 Å². The summed E-state index contributed by atoms with van der Waals surface area (Å²) in [6.45, 7) is 6.12. The van der Waals surface area contributed by atoms with Crippen LogP contribution < -0.4 is 5.32 Å². The van der Waals surface area contributed by atoms with E-state index in [0.29, 0.717) is 5.92 Å². The van der Waals surface area contributed by atoms with Gasteiger partial charge in [0.2, 0.25) is 0 Å². The third kappa shape index (κ3) is 4.66. The zero-order valence-corrected chi connectivity index (χ0v) is 11.6. The van der Waals surface area contributed by atoms with Gasteiger partial charge in [0.05, 0.1) is 6.10 Å². The zero-order valence-electron chi connectivity index (χ0n) is 10.9. The summed E-state index contributed by atoms with van der Waals surface area (Å²) in [5.41, 5.74) is 1.21. The lowest BCUT2D eigenvalue weighted by Crippen LogP contribution is -2.24. The Morgan fingerprint density at radius 3 is 2.65 bits per heavy atom. The zero-order chi connectivity index (χ0) is 12.7. The molecular formula is C14H22ClNO. The summed E-state index contributed by atoms with van der Waals surface area (Å²) in [5, 5.41) is 4.24. The van der Waals surface area contributed by atoms with Crippen LogP contribution in [0.15, 0.2) is 24.3 Å². The molecule has 3 heteroatoms. The standard InChI is InChI=1S/C14H22ClNO/c1-4-16-10-12(9-11(2)17-3)13-7-5-6-8-14(13)15/h5-8,11-12,16H,4,9-10H2,1-3H3. The van der Waals surface area contributed by atoms with Crippen LogP contribution >= 0.6 is 11.6 Å². The molecule has 0 aromatic heterocycles. The van der Waals surface area contributed by atoms with Crippen LogP contribution in [0, 0.1) is 0 Å². The molecule has 1 aromatic carbocycles. The predicted molar refractivity (Wildman–Crippen MR) is 73.8 cm³/mol. The second-order valence-electron chi connectivity index (χ2n) is 4.31. The number of methoxy groups -OCH3 is 1. The first-order chi connectivity index (χ1) is 8.19. The van der Waals surface area contributed by atoms with Crippen LogP contribution in [0.2, 0.25) is 5.02 Å². The van der Waals surface area contributed by atoms with Gasteiger partial charge in [0, 0.05) is 24.6 Å². The molecule has 0 heterocycles. The molecule has 0 bridgehead atoms. The van der Waals surface area contributed by atoms with Crippen LogP contribution in [-0.2, 0) is 4.74 Å². The SMILES string of the molecule is CCNCC(CC(C)OC)c1ccccc1Cl. The lowest BCUT2D eigenvalue weighted by atomic mass is 9.93. The molecule has 0 amide bonds. The molecule has 1 rings (SSSR count). The molecule has 0 saturated carbocycles. The van der Waals surface area contributed by atoms with Crippen molar-refractivity contribution in [3.8, 4) is 0 Å². The number of hydrogen-bond donors (Lipinski definition) is 1. The average Bonchev–Trinajstić information content (AvgIpc) is 2.35. The van der Waals surface area contributed by atoms with Crippen molar-refractivity contribution in [3.63, 3.8) is 0 Å². The number of hydrogen-bond acceptors (Lipinski definition) is 2. The highest BCUT2D eigenvalue weighted by Gasteiger charge is 2.17. The first kappa shape index (κ1) is 14.5. The average molecular weight is 256 g/mol. The molecule has 2 atom stereocenters. The minimum absolute atomic E-state index is 0.245. The molecule has 1 N–H and O–H groups in total. The molecule has 0 spiro atoms. The topological polar surface area (TPSA) is 21.3 Å². The van der Waals surface area contributed by atoms with Gasteiger partial charge in [-0.05, 0) is 31.5 Å². The summed E-state index contributed by atoms with van der Waals surface area (Å²) < 4.78 is 5.35. The second-order valence-corrected chi connectivity index (χ2v) is 4.72. The van der Waals surface area contributed by atoms with Gasteiger partial charge in [-0.25, -0.2) is 0 Å². The third-order valence-electron chi connectivity index (χ3n) is 3.00. The van der Waals surface area contributed by atoms with Crippen molar-refractivity contribution in [3.05, 3.63) is 34.9 Å². The molecular weight excluding hydrogens is 234 g/mol. The Morgan fingerprint density at radius 1 is 1.35 bits per heavy atom. The number of likely N-dealkylation sites (N-methyl/N-ethyl adjacent to an activating group) is 1. The molecule has 0 fully saturated rings. The number of benzene rings is 1. The fourth-order valence-corrected chi connectivity index (χ4v) is 2.23. The van der Waals surface area contributed by atoms with Crippen LogP contribution in [0.5, 0.6) is 0 Å². The van der Waals surface area contributed by atoms with Crippen LogP contribution in [-0.4, -0.2) is 26.3 Å². The van der Waals surface area contributed by atoms with Gasteiger partial charge in [0.15, 0.2) is 0 Å². The molecule has 1 aromatic rings. The van der Waals surface area contributed by atoms with Crippen molar-refractivity contribution in [1.82, 2.24) is 5.32 Å². The summed E-state index contributed by atoms with van der Waals surface area (Å²) in [4.78, 5) is 0. The first-order valence-corrected chi connectivity index (χ1v) is 6.54. The Hall–Kier alpha value is -0.570. The molecule has 2 unspecified atom stereocenters. The summed E-state index contributed by atoms with van der Waals surface area (Å²) in [6, 6.07) is 8.06. The lowest BCUT2D eigenvalue weighted by molar-refractivity contribution is 0.104. The van der Waals surface area contributed by atoms with E-state index in [0.717, 1.165) is 24.5 Å². The van der Waals surface area contributed by atoms with Gasteiger partial charge in [-0.1, -0.05) is 36.7 Å². The molecule has 0 saturated heterocycles. The Morgan fingerprint density at radius 2 is 2.06 bits per heavy atom. The Balaban J connectivity index is 2.78. The van der Waals surface area contributed by atoms with E-state index in [1.807, 2.05) is 18.2 Å². The number of nitrogens with one attached hydrogen (secondary N) is 1. The lowest BCUT2D eigenvalue weighted by Gasteiger charge is -2.22. The maximum absolute atomic E-state index is 6.26.